The van der Waals surface area contributed by atoms with Crippen molar-refractivity contribution >= 4 is 23.2 Å². The molecule has 1 amide bonds. The summed E-state index contributed by atoms with van der Waals surface area (Å²) >= 11 is 1.32. The molecular weight excluding hydrogens is 190 g/mol. The molecule has 0 spiro atoms. The monoisotopic (exact) mass is 199 g/mol. The van der Waals surface area contributed by atoms with Crippen LogP contribution in [0.5, 0.6) is 0 Å². The second-order valence-electron chi connectivity index (χ2n) is 2.54. The lowest BCUT2D eigenvalue weighted by molar-refractivity contribution is 0.0933. The summed E-state index contributed by atoms with van der Waals surface area (Å²) < 4.78 is 0. The summed E-state index contributed by atoms with van der Waals surface area (Å²) in [6.07, 6.45) is -1.09. The summed E-state index contributed by atoms with van der Waals surface area (Å²) in [4.78, 5) is 23.3. The number of Topliss-reactive ketones (excluding diaryl/α,β-unsaturated/α-hetero) is 1. The van der Waals surface area contributed by atoms with E-state index in [1.807, 2.05) is 0 Å². The number of nitrogens with zero attached hydrogens (tertiary/aromatic N) is 1. The summed E-state index contributed by atoms with van der Waals surface area (Å²) in [5.74, 6) is -0.167. The van der Waals surface area contributed by atoms with Gasteiger partial charge in [-0.1, -0.05) is 6.07 Å². The van der Waals surface area contributed by atoms with E-state index in [4.69, 9.17) is 5.11 Å². The van der Waals surface area contributed by atoms with Crippen molar-refractivity contribution in [3.8, 4) is 0 Å². The molecule has 4 nitrogen and oxygen atoms in total. The molecule has 1 aromatic rings. The van der Waals surface area contributed by atoms with E-state index in [0.29, 0.717) is 4.88 Å². The molecular formula is C8H9NO3S. The van der Waals surface area contributed by atoms with Crippen LogP contribution in [0.15, 0.2) is 17.5 Å². The molecule has 1 aromatic heterocycles. The van der Waals surface area contributed by atoms with Gasteiger partial charge in [-0.05, 0) is 11.4 Å². The second-order valence-corrected chi connectivity index (χ2v) is 3.49. The normalized spacial score (nSPS) is 9.62. The molecule has 0 fully saturated rings. The molecule has 0 bridgehead atoms. The first-order valence-corrected chi connectivity index (χ1v) is 4.50. The fourth-order valence-electron chi connectivity index (χ4n) is 0.798. The highest BCUT2D eigenvalue weighted by Crippen LogP contribution is 2.09. The summed E-state index contributed by atoms with van der Waals surface area (Å²) in [5, 5.41) is 10.3. The predicted molar refractivity (Wildman–Crippen MR) is 49.3 cm³/mol. The highest BCUT2D eigenvalue weighted by molar-refractivity contribution is 7.12. The zero-order valence-electron chi connectivity index (χ0n) is 7.06. The van der Waals surface area contributed by atoms with Crippen LogP contribution < -0.4 is 0 Å². The first kappa shape index (κ1) is 9.73. The van der Waals surface area contributed by atoms with Crippen LogP contribution in [0, 0.1) is 0 Å². The van der Waals surface area contributed by atoms with Gasteiger partial charge in [0.1, 0.15) is 0 Å². The third kappa shape index (κ3) is 2.55. The topological polar surface area (TPSA) is 57.6 Å². The van der Waals surface area contributed by atoms with Crippen molar-refractivity contribution in [3.63, 3.8) is 0 Å². The Morgan fingerprint density at radius 3 is 2.77 bits per heavy atom. The van der Waals surface area contributed by atoms with Gasteiger partial charge in [0, 0.05) is 7.05 Å². The Bertz CT molecular complexity index is 307. The average Bonchev–Trinajstić information content (AvgIpc) is 2.55. The van der Waals surface area contributed by atoms with E-state index in [-0.39, 0.29) is 12.3 Å². The Morgan fingerprint density at radius 1 is 1.62 bits per heavy atom. The molecule has 0 radical (unpaired) electrons. The van der Waals surface area contributed by atoms with E-state index in [2.05, 4.69) is 0 Å². The molecule has 13 heavy (non-hydrogen) atoms. The van der Waals surface area contributed by atoms with Gasteiger partial charge in [-0.3, -0.25) is 4.79 Å². The average molecular weight is 199 g/mol. The largest absolute Gasteiger partial charge is 0.465 e. The molecule has 0 saturated heterocycles. The second kappa shape index (κ2) is 4.04. The van der Waals surface area contributed by atoms with Crippen LogP contribution in [-0.2, 0) is 0 Å². The fourth-order valence-corrected chi connectivity index (χ4v) is 1.46. The highest BCUT2D eigenvalue weighted by Gasteiger charge is 2.13. The van der Waals surface area contributed by atoms with E-state index < -0.39 is 6.09 Å². The van der Waals surface area contributed by atoms with Crippen molar-refractivity contribution in [2.75, 3.05) is 13.6 Å². The van der Waals surface area contributed by atoms with E-state index in [1.54, 1.807) is 17.5 Å². The highest BCUT2D eigenvalue weighted by atomic mass is 32.1. The summed E-state index contributed by atoms with van der Waals surface area (Å²) in [6, 6.07) is 3.45. The van der Waals surface area contributed by atoms with Crippen molar-refractivity contribution < 1.29 is 14.7 Å². The minimum atomic E-state index is -1.09. The fraction of sp³-hybridized carbons (Fsp3) is 0.250. The lowest BCUT2D eigenvalue weighted by atomic mass is 10.3. The maximum atomic E-state index is 11.3. The third-order valence-corrected chi connectivity index (χ3v) is 2.41. The molecule has 0 aliphatic rings. The van der Waals surface area contributed by atoms with E-state index in [9.17, 15) is 9.59 Å². The molecule has 1 heterocycles. The Hall–Kier alpha value is -1.36. The van der Waals surface area contributed by atoms with Gasteiger partial charge in [0.05, 0.1) is 11.4 Å². The number of carbonyl (C=O) groups is 2. The number of thiophene rings is 1. The molecule has 5 heteroatoms. The molecule has 70 valence electrons. The van der Waals surface area contributed by atoms with Gasteiger partial charge in [-0.25, -0.2) is 4.79 Å². The van der Waals surface area contributed by atoms with E-state index in [1.165, 1.54) is 18.4 Å². The molecule has 0 aliphatic carbocycles. The number of likely N-dealkylation sites (N-methyl/N-ethyl adjacent to an activating group) is 1. The molecule has 0 saturated carbocycles. The molecule has 0 unspecified atom stereocenters. The minimum Gasteiger partial charge on any atom is -0.465 e. The summed E-state index contributed by atoms with van der Waals surface area (Å²) in [6.45, 7) is -0.0875. The minimum absolute atomic E-state index is 0.0875. The summed E-state index contributed by atoms with van der Waals surface area (Å²) in [5.41, 5.74) is 0. The van der Waals surface area contributed by atoms with Crippen molar-refractivity contribution in [2.45, 2.75) is 0 Å². The Morgan fingerprint density at radius 2 is 2.31 bits per heavy atom. The molecule has 0 aromatic carbocycles. The molecule has 1 N–H and O–H groups in total. The Labute approximate surface area is 79.4 Å². The number of rotatable bonds is 3. The van der Waals surface area contributed by atoms with Gasteiger partial charge in [0.25, 0.3) is 0 Å². The van der Waals surface area contributed by atoms with Gasteiger partial charge in [0.2, 0.25) is 0 Å². The van der Waals surface area contributed by atoms with Crippen LogP contribution in [0.25, 0.3) is 0 Å². The number of ketones is 1. The predicted octanol–water partition coefficient (Wildman–Crippen LogP) is 1.54. The smallest absolute Gasteiger partial charge is 0.407 e. The van der Waals surface area contributed by atoms with Gasteiger partial charge in [-0.15, -0.1) is 11.3 Å². The lowest BCUT2D eigenvalue weighted by Gasteiger charge is -2.10. The van der Waals surface area contributed by atoms with Gasteiger partial charge in [-0.2, -0.15) is 0 Å². The molecule has 0 aliphatic heterocycles. The maximum Gasteiger partial charge on any atom is 0.407 e. The SMILES string of the molecule is CN(CC(=O)c1cccs1)C(=O)O. The lowest BCUT2D eigenvalue weighted by Crippen LogP contribution is -2.30. The van der Waals surface area contributed by atoms with Gasteiger partial charge >= 0.3 is 6.09 Å². The first-order chi connectivity index (χ1) is 6.11. The first-order valence-electron chi connectivity index (χ1n) is 3.62. The van der Waals surface area contributed by atoms with Crippen molar-refractivity contribution in [1.82, 2.24) is 4.90 Å². The standard InChI is InChI=1S/C8H9NO3S/c1-9(8(11)12)5-6(10)7-3-2-4-13-7/h2-4H,5H2,1H3,(H,11,12). The van der Waals surface area contributed by atoms with E-state index in [0.717, 1.165) is 4.90 Å². The van der Waals surface area contributed by atoms with Gasteiger partial charge < -0.3 is 10.0 Å². The zero-order chi connectivity index (χ0) is 9.84. The Kier molecular flexibility index (Phi) is 3.02. The number of carbonyl (C=O) groups excluding carboxylic acids is 1. The molecule has 1 rings (SSSR count). The van der Waals surface area contributed by atoms with Crippen LogP contribution in [0.3, 0.4) is 0 Å². The van der Waals surface area contributed by atoms with E-state index >= 15 is 0 Å². The maximum absolute atomic E-state index is 11.3. The van der Waals surface area contributed by atoms with Crippen LogP contribution in [-0.4, -0.2) is 35.5 Å². The molecule has 0 atom stereocenters. The number of amides is 1. The van der Waals surface area contributed by atoms with Crippen molar-refractivity contribution in [2.24, 2.45) is 0 Å². The van der Waals surface area contributed by atoms with Crippen LogP contribution >= 0.6 is 11.3 Å². The van der Waals surface area contributed by atoms with Crippen LogP contribution in [0.2, 0.25) is 0 Å². The Balaban J connectivity index is 2.56. The van der Waals surface area contributed by atoms with Crippen LogP contribution in [0.4, 0.5) is 4.79 Å². The van der Waals surface area contributed by atoms with Crippen LogP contribution in [0.1, 0.15) is 9.67 Å². The van der Waals surface area contributed by atoms with Crippen molar-refractivity contribution in [1.29, 1.82) is 0 Å². The number of carboxylic acid groups (broad SMARTS) is 1. The number of hydrogen-bond donors (Lipinski definition) is 1. The van der Waals surface area contributed by atoms with Gasteiger partial charge in [0.15, 0.2) is 5.78 Å². The third-order valence-electron chi connectivity index (χ3n) is 1.50. The summed E-state index contributed by atoms with van der Waals surface area (Å²) in [7, 11) is 1.37. The zero-order valence-corrected chi connectivity index (χ0v) is 7.87. The van der Waals surface area contributed by atoms with Crippen molar-refractivity contribution in [3.05, 3.63) is 22.4 Å². The quantitative estimate of drug-likeness (QED) is 0.751. The number of hydrogen-bond acceptors (Lipinski definition) is 3.